The molecular formula is C13H15N3O. The number of anilines is 1. The van der Waals surface area contributed by atoms with Crippen molar-refractivity contribution in [2.45, 2.75) is 13.3 Å². The summed E-state index contributed by atoms with van der Waals surface area (Å²) < 4.78 is 5.35. The van der Waals surface area contributed by atoms with Crippen LogP contribution in [0.25, 0.3) is 11.1 Å². The Morgan fingerprint density at radius 2 is 2.06 bits per heavy atom. The van der Waals surface area contributed by atoms with Crippen molar-refractivity contribution in [3.63, 3.8) is 0 Å². The van der Waals surface area contributed by atoms with E-state index in [-0.39, 0.29) is 0 Å². The van der Waals surface area contributed by atoms with E-state index in [1.807, 2.05) is 18.2 Å². The lowest BCUT2D eigenvalue weighted by atomic mass is 10.0. The molecule has 0 amide bonds. The van der Waals surface area contributed by atoms with Gasteiger partial charge in [-0.1, -0.05) is 13.0 Å². The molecule has 0 saturated heterocycles. The number of nitrogens with zero attached hydrogens (tertiary/aromatic N) is 2. The number of aryl methyl sites for hydroxylation is 1. The number of hydrogen-bond donors (Lipinski definition) is 1. The molecule has 0 unspecified atom stereocenters. The minimum absolute atomic E-state index is 0.416. The van der Waals surface area contributed by atoms with Crippen LogP contribution >= 0.6 is 0 Å². The van der Waals surface area contributed by atoms with Crippen molar-refractivity contribution in [2.24, 2.45) is 0 Å². The Morgan fingerprint density at radius 1 is 1.24 bits per heavy atom. The molecule has 0 spiro atoms. The number of benzene rings is 1. The summed E-state index contributed by atoms with van der Waals surface area (Å²) in [4.78, 5) is 0. The van der Waals surface area contributed by atoms with Gasteiger partial charge in [0.1, 0.15) is 5.75 Å². The summed E-state index contributed by atoms with van der Waals surface area (Å²) in [5.74, 6) is 1.21. The first-order chi connectivity index (χ1) is 8.26. The van der Waals surface area contributed by atoms with Gasteiger partial charge in [0.05, 0.1) is 13.3 Å². The standard InChI is InChI=1S/C13H15N3O/c1-3-9-4-5-12(17-2)11(8-9)10-6-7-15-16-13(10)14/h4-8H,3H2,1-2H3,(H2,14,16). The fraction of sp³-hybridized carbons (Fsp3) is 0.231. The van der Waals surface area contributed by atoms with E-state index < -0.39 is 0 Å². The van der Waals surface area contributed by atoms with Crippen molar-refractivity contribution in [1.82, 2.24) is 10.2 Å². The Balaban J connectivity index is 2.60. The van der Waals surface area contributed by atoms with Gasteiger partial charge in [-0.3, -0.25) is 0 Å². The summed E-state index contributed by atoms with van der Waals surface area (Å²) in [5, 5.41) is 7.61. The van der Waals surface area contributed by atoms with Crippen LogP contribution in [0, 0.1) is 0 Å². The number of nitrogen functional groups attached to an aromatic ring is 1. The Morgan fingerprint density at radius 3 is 2.71 bits per heavy atom. The first kappa shape index (κ1) is 11.4. The van der Waals surface area contributed by atoms with Gasteiger partial charge in [0.25, 0.3) is 0 Å². The maximum atomic E-state index is 5.84. The van der Waals surface area contributed by atoms with Gasteiger partial charge in [0.2, 0.25) is 0 Å². The van der Waals surface area contributed by atoms with Gasteiger partial charge in [-0.15, -0.1) is 5.10 Å². The zero-order valence-electron chi connectivity index (χ0n) is 9.97. The fourth-order valence-electron chi connectivity index (χ4n) is 1.76. The highest BCUT2D eigenvalue weighted by Gasteiger charge is 2.10. The van der Waals surface area contributed by atoms with E-state index in [4.69, 9.17) is 10.5 Å². The van der Waals surface area contributed by atoms with Crippen LogP contribution < -0.4 is 10.5 Å². The summed E-state index contributed by atoms with van der Waals surface area (Å²) >= 11 is 0. The third kappa shape index (κ3) is 2.20. The second kappa shape index (κ2) is 4.82. The van der Waals surface area contributed by atoms with Crippen molar-refractivity contribution < 1.29 is 4.74 Å². The maximum Gasteiger partial charge on any atom is 0.154 e. The van der Waals surface area contributed by atoms with Crippen LogP contribution in [0.5, 0.6) is 5.75 Å². The molecule has 4 heteroatoms. The molecule has 17 heavy (non-hydrogen) atoms. The van der Waals surface area contributed by atoms with Crippen LogP contribution in [0.4, 0.5) is 5.82 Å². The Labute approximate surface area is 100 Å². The highest BCUT2D eigenvalue weighted by atomic mass is 16.5. The van der Waals surface area contributed by atoms with Crippen LogP contribution in [-0.4, -0.2) is 17.3 Å². The smallest absolute Gasteiger partial charge is 0.154 e. The van der Waals surface area contributed by atoms with E-state index >= 15 is 0 Å². The SMILES string of the molecule is CCc1ccc(OC)c(-c2ccnnc2N)c1. The Hall–Kier alpha value is -2.10. The largest absolute Gasteiger partial charge is 0.496 e. The second-order valence-corrected chi connectivity index (χ2v) is 3.72. The normalized spacial score (nSPS) is 10.2. The van der Waals surface area contributed by atoms with E-state index in [9.17, 15) is 0 Å². The molecule has 1 aromatic carbocycles. The molecule has 0 fully saturated rings. The number of ether oxygens (including phenoxy) is 1. The van der Waals surface area contributed by atoms with Gasteiger partial charge in [-0.05, 0) is 30.2 Å². The monoisotopic (exact) mass is 229 g/mol. The highest BCUT2D eigenvalue weighted by Crippen LogP contribution is 2.33. The van der Waals surface area contributed by atoms with Crippen LogP contribution in [0.3, 0.4) is 0 Å². The molecule has 0 radical (unpaired) electrons. The van der Waals surface area contributed by atoms with Gasteiger partial charge in [-0.25, -0.2) is 0 Å². The molecule has 0 saturated carbocycles. The molecule has 0 atom stereocenters. The zero-order chi connectivity index (χ0) is 12.3. The van der Waals surface area contributed by atoms with E-state index in [1.165, 1.54) is 5.56 Å². The molecule has 2 rings (SSSR count). The fourth-order valence-corrected chi connectivity index (χ4v) is 1.76. The third-order valence-corrected chi connectivity index (χ3v) is 2.71. The third-order valence-electron chi connectivity index (χ3n) is 2.71. The molecule has 2 aromatic rings. The molecule has 1 aromatic heterocycles. The van der Waals surface area contributed by atoms with Gasteiger partial charge in [0, 0.05) is 11.1 Å². The summed E-state index contributed by atoms with van der Waals surface area (Å²) in [5.41, 5.74) is 8.88. The Kier molecular flexibility index (Phi) is 3.23. The number of methoxy groups -OCH3 is 1. The van der Waals surface area contributed by atoms with Gasteiger partial charge >= 0.3 is 0 Å². The number of aromatic nitrogens is 2. The topological polar surface area (TPSA) is 61.0 Å². The molecule has 0 aliphatic heterocycles. The molecule has 0 aliphatic rings. The molecule has 2 N–H and O–H groups in total. The van der Waals surface area contributed by atoms with Crippen molar-refractivity contribution >= 4 is 5.82 Å². The quantitative estimate of drug-likeness (QED) is 0.877. The Bertz CT molecular complexity index is 526. The van der Waals surface area contributed by atoms with Gasteiger partial charge < -0.3 is 10.5 Å². The minimum Gasteiger partial charge on any atom is -0.496 e. The lowest BCUT2D eigenvalue weighted by Gasteiger charge is -2.11. The number of rotatable bonds is 3. The average Bonchev–Trinajstić information content (AvgIpc) is 2.38. The van der Waals surface area contributed by atoms with Crippen LogP contribution in [0.2, 0.25) is 0 Å². The molecule has 88 valence electrons. The predicted molar refractivity (Wildman–Crippen MR) is 67.8 cm³/mol. The van der Waals surface area contributed by atoms with Crippen molar-refractivity contribution in [2.75, 3.05) is 12.8 Å². The molecule has 1 heterocycles. The van der Waals surface area contributed by atoms with Crippen LogP contribution in [0.1, 0.15) is 12.5 Å². The van der Waals surface area contributed by atoms with Crippen molar-refractivity contribution in [3.05, 3.63) is 36.0 Å². The number of hydrogen-bond acceptors (Lipinski definition) is 4. The lowest BCUT2D eigenvalue weighted by molar-refractivity contribution is 0.416. The van der Waals surface area contributed by atoms with E-state index in [2.05, 4.69) is 23.2 Å². The lowest BCUT2D eigenvalue weighted by Crippen LogP contribution is -1.98. The zero-order valence-corrected chi connectivity index (χ0v) is 9.97. The second-order valence-electron chi connectivity index (χ2n) is 3.72. The van der Waals surface area contributed by atoms with Crippen LogP contribution in [0.15, 0.2) is 30.5 Å². The van der Waals surface area contributed by atoms with Crippen molar-refractivity contribution in [1.29, 1.82) is 0 Å². The molecule has 4 nitrogen and oxygen atoms in total. The average molecular weight is 229 g/mol. The molecule has 0 aliphatic carbocycles. The summed E-state index contributed by atoms with van der Waals surface area (Å²) in [6, 6.07) is 7.92. The number of nitrogens with two attached hydrogens (primary N) is 1. The van der Waals surface area contributed by atoms with E-state index in [1.54, 1.807) is 13.3 Å². The highest BCUT2D eigenvalue weighted by molar-refractivity contribution is 5.78. The summed E-state index contributed by atoms with van der Waals surface area (Å²) in [6.07, 6.45) is 2.60. The minimum atomic E-state index is 0.416. The van der Waals surface area contributed by atoms with E-state index in [0.29, 0.717) is 5.82 Å². The summed E-state index contributed by atoms with van der Waals surface area (Å²) in [7, 11) is 1.65. The van der Waals surface area contributed by atoms with Crippen molar-refractivity contribution in [3.8, 4) is 16.9 Å². The predicted octanol–water partition coefficient (Wildman–Crippen LogP) is 2.30. The molecule has 0 bridgehead atoms. The first-order valence-electron chi connectivity index (χ1n) is 5.50. The van der Waals surface area contributed by atoms with Gasteiger partial charge in [-0.2, -0.15) is 5.10 Å². The maximum absolute atomic E-state index is 5.84. The van der Waals surface area contributed by atoms with Crippen LogP contribution in [-0.2, 0) is 6.42 Å². The van der Waals surface area contributed by atoms with E-state index in [0.717, 1.165) is 23.3 Å². The summed E-state index contributed by atoms with van der Waals surface area (Å²) in [6.45, 7) is 2.11. The van der Waals surface area contributed by atoms with Gasteiger partial charge in [0.15, 0.2) is 5.82 Å². The first-order valence-corrected chi connectivity index (χ1v) is 5.50. The molecular weight excluding hydrogens is 214 g/mol.